The summed E-state index contributed by atoms with van der Waals surface area (Å²) < 4.78 is 18.7. The van der Waals surface area contributed by atoms with E-state index in [9.17, 15) is 14.0 Å². The molecule has 1 heterocycles. The lowest BCUT2D eigenvalue weighted by molar-refractivity contribution is 0.0729. The van der Waals surface area contributed by atoms with Crippen molar-refractivity contribution >= 4 is 16.9 Å². The first-order valence-corrected chi connectivity index (χ1v) is 8.03. The Morgan fingerprint density at radius 2 is 2.00 bits per heavy atom. The molecule has 0 saturated heterocycles. The first kappa shape index (κ1) is 15.7. The lowest BCUT2D eigenvalue weighted by atomic mass is 9.89. The van der Waals surface area contributed by atoms with Gasteiger partial charge in [0.05, 0.1) is 5.39 Å². The van der Waals surface area contributed by atoms with E-state index in [0.29, 0.717) is 12.5 Å². The van der Waals surface area contributed by atoms with Crippen LogP contribution in [0.4, 0.5) is 4.39 Å². The summed E-state index contributed by atoms with van der Waals surface area (Å²) in [6, 6.07) is 4.87. The Morgan fingerprint density at radius 1 is 1.26 bits per heavy atom. The number of carbonyl (C=O) groups is 1. The van der Waals surface area contributed by atoms with E-state index in [2.05, 4.69) is 0 Å². The number of hydrogen-bond acceptors (Lipinski definition) is 3. The van der Waals surface area contributed by atoms with E-state index in [1.54, 1.807) is 11.9 Å². The third-order valence-corrected chi connectivity index (χ3v) is 4.50. The molecule has 5 heteroatoms. The van der Waals surface area contributed by atoms with Crippen LogP contribution in [0.25, 0.3) is 11.0 Å². The van der Waals surface area contributed by atoms with Gasteiger partial charge < -0.3 is 9.32 Å². The molecule has 0 bridgehead atoms. The van der Waals surface area contributed by atoms with Gasteiger partial charge in [0.25, 0.3) is 5.91 Å². The molecule has 0 aliphatic heterocycles. The van der Waals surface area contributed by atoms with E-state index in [0.717, 1.165) is 25.0 Å². The molecule has 0 spiro atoms. The summed E-state index contributed by atoms with van der Waals surface area (Å²) in [4.78, 5) is 26.2. The van der Waals surface area contributed by atoms with Crippen molar-refractivity contribution in [1.82, 2.24) is 4.90 Å². The van der Waals surface area contributed by atoms with Crippen LogP contribution in [0.15, 0.2) is 33.5 Å². The lowest BCUT2D eigenvalue weighted by Crippen LogP contribution is -2.33. The van der Waals surface area contributed by atoms with Gasteiger partial charge in [0.2, 0.25) is 0 Å². The monoisotopic (exact) mass is 317 g/mol. The highest BCUT2D eigenvalue weighted by Gasteiger charge is 2.21. The van der Waals surface area contributed by atoms with Gasteiger partial charge in [-0.1, -0.05) is 19.3 Å². The molecule has 0 unspecified atom stereocenters. The van der Waals surface area contributed by atoms with Gasteiger partial charge in [-0.05, 0) is 37.0 Å². The van der Waals surface area contributed by atoms with Crippen molar-refractivity contribution in [2.45, 2.75) is 32.1 Å². The number of benzene rings is 1. The van der Waals surface area contributed by atoms with Crippen molar-refractivity contribution < 1.29 is 13.6 Å². The predicted octanol–water partition coefficient (Wildman–Crippen LogP) is 3.58. The van der Waals surface area contributed by atoms with Crippen molar-refractivity contribution in [1.29, 1.82) is 0 Å². The van der Waals surface area contributed by atoms with E-state index < -0.39 is 11.2 Å². The van der Waals surface area contributed by atoms with Crippen LogP contribution in [-0.4, -0.2) is 24.4 Å². The standard InChI is InChI=1S/C18H20FNO3/c1-20(11-12-5-3-2-4-6-12)18(22)17-10-15(21)14-9-13(19)7-8-16(14)23-17/h7-10,12H,2-6,11H2,1H3. The Balaban J connectivity index is 1.82. The van der Waals surface area contributed by atoms with Crippen LogP contribution >= 0.6 is 0 Å². The topological polar surface area (TPSA) is 50.5 Å². The van der Waals surface area contributed by atoms with Gasteiger partial charge in [0, 0.05) is 19.7 Å². The van der Waals surface area contributed by atoms with Crippen LogP contribution in [-0.2, 0) is 0 Å². The van der Waals surface area contributed by atoms with Crippen molar-refractivity contribution in [3.05, 3.63) is 46.1 Å². The number of amides is 1. The quantitative estimate of drug-likeness (QED) is 0.869. The number of rotatable bonds is 3. The molecule has 1 aromatic carbocycles. The largest absolute Gasteiger partial charge is 0.451 e. The van der Waals surface area contributed by atoms with Crippen molar-refractivity contribution in [2.75, 3.05) is 13.6 Å². The van der Waals surface area contributed by atoms with E-state index in [4.69, 9.17) is 4.42 Å². The zero-order valence-electron chi connectivity index (χ0n) is 13.2. The highest BCUT2D eigenvalue weighted by molar-refractivity contribution is 5.93. The Morgan fingerprint density at radius 3 is 2.74 bits per heavy atom. The normalized spacial score (nSPS) is 15.7. The third-order valence-electron chi connectivity index (χ3n) is 4.50. The van der Waals surface area contributed by atoms with Crippen molar-refractivity contribution in [2.24, 2.45) is 5.92 Å². The minimum atomic E-state index is -0.502. The summed E-state index contributed by atoms with van der Waals surface area (Å²) in [7, 11) is 1.73. The van der Waals surface area contributed by atoms with Gasteiger partial charge in [-0.2, -0.15) is 0 Å². The smallest absolute Gasteiger partial charge is 0.289 e. The summed E-state index contributed by atoms with van der Waals surface area (Å²) in [6.07, 6.45) is 5.97. The fourth-order valence-electron chi connectivity index (χ4n) is 3.26. The third kappa shape index (κ3) is 3.44. The predicted molar refractivity (Wildman–Crippen MR) is 86.0 cm³/mol. The Bertz CT molecular complexity index is 777. The molecule has 0 radical (unpaired) electrons. The molecule has 1 fully saturated rings. The average molecular weight is 317 g/mol. The minimum Gasteiger partial charge on any atom is -0.451 e. The summed E-state index contributed by atoms with van der Waals surface area (Å²) in [6.45, 7) is 0.671. The summed E-state index contributed by atoms with van der Waals surface area (Å²) in [5.74, 6) is -0.288. The summed E-state index contributed by atoms with van der Waals surface area (Å²) in [5.41, 5.74) is -0.173. The molecule has 3 rings (SSSR count). The highest BCUT2D eigenvalue weighted by Crippen LogP contribution is 2.24. The molecule has 23 heavy (non-hydrogen) atoms. The molecule has 1 amide bonds. The Hall–Kier alpha value is -2.17. The van der Waals surface area contributed by atoms with Crippen LogP contribution in [0.1, 0.15) is 42.7 Å². The van der Waals surface area contributed by atoms with E-state index >= 15 is 0 Å². The van der Waals surface area contributed by atoms with Crippen LogP contribution in [0.3, 0.4) is 0 Å². The highest BCUT2D eigenvalue weighted by atomic mass is 19.1. The first-order chi connectivity index (χ1) is 11.0. The Labute approximate surface area is 133 Å². The molecular formula is C18H20FNO3. The number of carbonyl (C=O) groups excluding carboxylic acids is 1. The number of fused-ring (bicyclic) bond motifs is 1. The van der Waals surface area contributed by atoms with Gasteiger partial charge in [0.15, 0.2) is 11.2 Å². The van der Waals surface area contributed by atoms with Gasteiger partial charge in [0.1, 0.15) is 11.4 Å². The molecule has 0 N–H and O–H groups in total. The second-order valence-corrected chi connectivity index (χ2v) is 6.31. The molecule has 1 aliphatic rings. The van der Waals surface area contributed by atoms with Crippen molar-refractivity contribution in [3.8, 4) is 0 Å². The van der Waals surface area contributed by atoms with Gasteiger partial charge in [-0.15, -0.1) is 0 Å². The number of nitrogens with zero attached hydrogens (tertiary/aromatic N) is 1. The van der Waals surface area contributed by atoms with Gasteiger partial charge >= 0.3 is 0 Å². The maximum Gasteiger partial charge on any atom is 0.289 e. The van der Waals surface area contributed by atoms with E-state index in [-0.39, 0.29) is 22.6 Å². The number of halogens is 1. The second kappa shape index (κ2) is 6.52. The molecule has 1 aromatic heterocycles. The SMILES string of the molecule is CN(CC1CCCCC1)C(=O)c1cc(=O)c2cc(F)ccc2o1. The van der Waals surface area contributed by atoms with Crippen LogP contribution in [0, 0.1) is 11.7 Å². The fourth-order valence-corrected chi connectivity index (χ4v) is 3.26. The maximum atomic E-state index is 13.2. The van der Waals surface area contributed by atoms with Crippen LogP contribution < -0.4 is 5.43 Å². The average Bonchev–Trinajstić information content (AvgIpc) is 2.55. The van der Waals surface area contributed by atoms with E-state index in [1.807, 2.05) is 0 Å². The van der Waals surface area contributed by atoms with Crippen LogP contribution in [0.2, 0.25) is 0 Å². The molecule has 2 aromatic rings. The van der Waals surface area contributed by atoms with Gasteiger partial charge in [-0.25, -0.2) is 4.39 Å². The molecule has 1 saturated carbocycles. The zero-order chi connectivity index (χ0) is 16.4. The second-order valence-electron chi connectivity index (χ2n) is 6.31. The minimum absolute atomic E-state index is 0.00687. The zero-order valence-corrected chi connectivity index (χ0v) is 13.2. The Kier molecular flexibility index (Phi) is 4.46. The van der Waals surface area contributed by atoms with E-state index in [1.165, 1.54) is 31.4 Å². The number of hydrogen-bond donors (Lipinski definition) is 0. The molecule has 0 atom stereocenters. The molecular weight excluding hydrogens is 297 g/mol. The summed E-state index contributed by atoms with van der Waals surface area (Å²) >= 11 is 0. The first-order valence-electron chi connectivity index (χ1n) is 8.03. The lowest BCUT2D eigenvalue weighted by Gasteiger charge is -2.26. The van der Waals surface area contributed by atoms with Crippen LogP contribution in [0.5, 0.6) is 0 Å². The fraction of sp³-hybridized carbons (Fsp3) is 0.444. The molecule has 122 valence electrons. The summed E-state index contributed by atoms with van der Waals surface area (Å²) in [5, 5.41) is 0.150. The van der Waals surface area contributed by atoms with Gasteiger partial charge in [-0.3, -0.25) is 9.59 Å². The van der Waals surface area contributed by atoms with Crippen molar-refractivity contribution in [3.63, 3.8) is 0 Å². The molecule has 4 nitrogen and oxygen atoms in total. The molecule has 1 aliphatic carbocycles. The maximum absolute atomic E-state index is 13.2.